The molecule has 0 aliphatic rings. The van der Waals surface area contributed by atoms with E-state index in [1.807, 2.05) is 30.3 Å². The van der Waals surface area contributed by atoms with E-state index >= 15 is 0 Å². The van der Waals surface area contributed by atoms with Gasteiger partial charge in [0.2, 0.25) is 0 Å². The zero-order valence-electron chi connectivity index (χ0n) is 6.77. The summed E-state index contributed by atoms with van der Waals surface area (Å²) in [4.78, 5) is 0. The van der Waals surface area contributed by atoms with Gasteiger partial charge < -0.3 is 10.2 Å². The molecule has 12 heavy (non-hydrogen) atoms. The van der Waals surface area contributed by atoms with Gasteiger partial charge in [0.15, 0.2) is 0 Å². The normalized spacial score (nSPS) is 12.8. The van der Waals surface area contributed by atoms with E-state index in [-0.39, 0.29) is 6.73 Å². The summed E-state index contributed by atoms with van der Waals surface area (Å²) < 4.78 is 0. The van der Waals surface area contributed by atoms with Crippen molar-refractivity contribution in [2.45, 2.75) is 12.6 Å². The Balaban J connectivity index is 2.41. The SMILES string of the molecule is OCN[C@@H](O)Cc1ccccc1. The zero-order valence-corrected chi connectivity index (χ0v) is 6.77. The van der Waals surface area contributed by atoms with Crippen LogP contribution < -0.4 is 5.32 Å². The van der Waals surface area contributed by atoms with Crippen molar-refractivity contribution in [1.29, 1.82) is 0 Å². The van der Waals surface area contributed by atoms with Crippen molar-refractivity contribution < 1.29 is 10.2 Å². The van der Waals surface area contributed by atoms with Gasteiger partial charge in [-0.05, 0) is 5.56 Å². The standard InChI is InChI=1S/C9H13NO2/c11-7-10-9(12)6-8-4-2-1-3-5-8/h1-5,9-12H,6-7H2/t9-/m0/s1. The molecule has 0 fully saturated rings. The molecule has 0 saturated carbocycles. The molecule has 0 unspecified atom stereocenters. The molecule has 0 heterocycles. The molecule has 0 aromatic heterocycles. The second kappa shape index (κ2) is 4.87. The van der Waals surface area contributed by atoms with Gasteiger partial charge >= 0.3 is 0 Å². The van der Waals surface area contributed by atoms with Crippen LogP contribution in [0.4, 0.5) is 0 Å². The van der Waals surface area contributed by atoms with Crippen molar-refractivity contribution in [3.05, 3.63) is 35.9 Å². The minimum Gasteiger partial charge on any atom is -0.381 e. The maximum atomic E-state index is 9.23. The van der Waals surface area contributed by atoms with E-state index in [0.717, 1.165) is 5.56 Å². The fourth-order valence-electron chi connectivity index (χ4n) is 1.01. The van der Waals surface area contributed by atoms with Gasteiger partial charge in [-0.25, -0.2) is 0 Å². The Bertz CT molecular complexity index is 213. The first-order valence-corrected chi connectivity index (χ1v) is 3.89. The summed E-state index contributed by atoms with van der Waals surface area (Å²) in [5.74, 6) is 0. The van der Waals surface area contributed by atoms with Gasteiger partial charge in [-0.1, -0.05) is 30.3 Å². The van der Waals surface area contributed by atoms with E-state index in [1.54, 1.807) is 0 Å². The van der Waals surface area contributed by atoms with Crippen LogP contribution in [0.15, 0.2) is 30.3 Å². The molecule has 3 nitrogen and oxygen atoms in total. The molecule has 1 atom stereocenters. The fourth-order valence-corrected chi connectivity index (χ4v) is 1.01. The highest BCUT2D eigenvalue weighted by atomic mass is 16.3. The van der Waals surface area contributed by atoms with Gasteiger partial charge in [-0.2, -0.15) is 0 Å². The summed E-state index contributed by atoms with van der Waals surface area (Å²) in [6.45, 7) is -0.200. The largest absolute Gasteiger partial charge is 0.381 e. The van der Waals surface area contributed by atoms with Gasteiger partial charge in [-0.3, -0.25) is 5.32 Å². The Morgan fingerprint density at radius 2 is 1.92 bits per heavy atom. The molecule has 0 spiro atoms. The Morgan fingerprint density at radius 3 is 2.50 bits per heavy atom. The van der Waals surface area contributed by atoms with E-state index in [9.17, 15) is 5.11 Å². The average Bonchev–Trinajstić information content (AvgIpc) is 2.06. The van der Waals surface area contributed by atoms with Crippen LogP contribution in [-0.2, 0) is 6.42 Å². The number of aliphatic hydroxyl groups excluding tert-OH is 2. The second-order valence-electron chi connectivity index (χ2n) is 2.57. The molecule has 1 aromatic rings. The third-order valence-electron chi connectivity index (χ3n) is 1.60. The molecule has 3 N–H and O–H groups in total. The Morgan fingerprint density at radius 1 is 1.25 bits per heavy atom. The van der Waals surface area contributed by atoms with Crippen molar-refractivity contribution in [3.63, 3.8) is 0 Å². The number of hydrogen-bond donors (Lipinski definition) is 3. The van der Waals surface area contributed by atoms with Crippen LogP contribution in [0, 0.1) is 0 Å². The molecular weight excluding hydrogens is 154 g/mol. The molecular formula is C9H13NO2. The maximum Gasteiger partial charge on any atom is 0.110 e. The van der Waals surface area contributed by atoms with Crippen molar-refractivity contribution in [1.82, 2.24) is 5.32 Å². The number of nitrogens with one attached hydrogen (secondary N) is 1. The highest BCUT2D eigenvalue weighted by Crippen LogP contribution is 2.00. The average molecular weight is 167 g/mol. The topological polar surface area (TPSA) is 52.5 Å². The zero-order chi connectivity index (χ0) is 8.81. The minimum atomic E-state index is -0.669. The quantitative estimate of drug-likeness (QED) is 0.557. The van der Waals surface area contributed by atoms with E-state index in [1.165, 1.54) is 0 Å². The molecule has 1 rings (SSSR count). The first kappa shape index (κ1) is 9.19. The van der Waals surface area contributed by atoms with Crippen LogP contribution in [0.2, 0.25) is 0 Å². The van der Waals surface area contributed by atoms with Crippen LogP contribution in [-0.4, -0.2) is 23.2 Å². The highest BCUT2D eigenvalue weighted by Gasteiger charge is 2.01. The van der Waals surface area contributed by atoms with Crippen LogP contribution in [0.1, 0.15) is 5.56 Å². The molecule has 0 amide bonds. The third kappa shape index (κ3) is 3.00. The second-order valence-corrected chi connectivity index (χ2v) is 2.57. The number of benzene rings is 1. The smallest absolute Gasteiger partial charge is 0.110 e. The summed E-state index contributed by atoms with van der Waals surface area (Å²) in [5.41, 5.74) is 1.05. The van der Waals surface area contributed by atoms with Crippen LogP contribution >= 0.6 is 0 Å². The molecule has 3 heteroatoms. The summed E-state index contributed by atoms with van der Waals surface area (Å²) >= 11 is 0. The molecule has 0 aliphatic heterocycles. The predicted octanol–water partition coefficient (Wildman–Crippen LogP) is 0.0869. The van der Waals surface area contributed by atoms with Crippen LogP contribution in [0.5, 0.6) is 0 Å². The van der Waals surface area contributed by atoms with E-state index in [2.05, 4.69) is 5.32 Å². The Labute approximate surface area is 71.7 Å². The monoisotopic (exact) mass is 167 g/mol. The van der Waals surface area contributed by atoms with Gasteiger partial charge in [-0.15, -0.1) is 0 Å². The van der Waals surface area contributed by atoms with Crippen molar-refractivity contribution in [3.8, 4) is 0 Å². The lowest BCUT2D eigenvalue weighted by molar-refractivity contribution is 0.0980. The number of aliphatic hydroxyl groups is 2. The van der Waals surface area contributed by atoms with Gasteiger partial charge in [0.25, 0.3) is 0 Å². The molecule has 0 saturated heterocycles. The summed E-state index contributed by atoms with van der Waals surface area (Å²) in [6, 6.07) is 9.63. The van der Waals surface area contributed by atoms with Crippen molar-refractivity contribution in [2.24, 2.45) is 0 Å². The summed E-state index contributed by atoms with van der Waals surface area (Å²) in [5, 5.41) is 20.2. The third-order valence-corrected chi connectivity index (χ3v) is 1.60. The molecule has 0 aliphatic carbocycles. The van der Waals surface area contributed by atoms with E-state index in [0.29, 0.717) is 6.42 Å². The summed E-state index contributed by atoms with van der Waals surface area (Å²) in [6.07, 6.45) is -0.154. The molecule has 1 aromatic carbocycles. The Kier molecular flexibility index (Phi) is 3.73. The molecule has 0 bridgehead atoms. The lowest BCUT2D eigenvalue weighted by Crippen LogP contribution is -2.31. The first-order chi connectivity index (χ1) is 5.83. The highest BCUT2D eigenvalue weighted by molar-refractivity contribution is 5.15. The lowest BCUT2D eigenvalue weighted by Gasteiger charge is -2.09. The predicted molar refractivity (Wildman–Crippen MR) is 46.4 cm³/mol. The molecule has 66 valence electrons. The van der Waals surface area contributed by atoms with Crippen molar-refractivity contribution >= 4 is 0 Å². The van der Waals surface area contributed by atoms with Gasteiger partial charge in [0.1, 0.15) is 6.23 Å². The van der Waals surface area contributed by atoms with Crippen LogP contribution in [0.25, 0.3) is 0 Å². The maximum absolute atomic E-state index is 9.23. The van der Waals surface area contributed by atoms with Gasteiger partial charge in [0.05, 0.1) is 6.73 Å². The van der Waals surface area contributed by atoms with Crippen LogP contribution in [0.3, 0.4) is 0 Å². The number of rotatable bonds is 4. The van der Waals surface area contributed by atoms with E-state index in [4.69, 9.17) is 5.11 Å². The lowest BCUT2D eigenvalue weighted by atomic mass is 10.1. The fraction of sp³-hybridized carbons (Fsp3) is 0.333. The van der Waals surface area contributed by atoms with Gasteiger partial charge in [0, 0.05) is 6.42 Å². The first-order valence-electron chi connectivity index (χ1n) is 3.89. The summed E-state index contributed by atoms with van der Waals surface area (Å²) in [7, 11) is 0. The Hall–Kier alpha value is -0.900. The van der Waals surface area contributed by atoms with E-state index < -0.39 is 6.23 Å². The molecule has 0 radical (unpaired) electrons. The number of hydrogen-bond acceptors (Lipinski definition) is 3. The van der Waals surface area contributed by atoms with Crippen molar-refractivity contribution in [2.75, 3.05) is 6.73 Å². The minimum absolute atomic E-state index is 0.200.